The van der Waals surface area contributed by atoms with Gasteiger partial charge in [0.2, 0.25) is 94.5 Å². The van der Waals surface area contributed by atoms with E-state index >= 15 is 0 Å². The summed E-state index contributed by atoms with van der Waals surface area (Å²) in [6.07, 6.45) is -0.705. The molecule has 122 heavy (non-hydrogen) atoms. The van der Waals surface area contributed by atoms with E-state index in [0.29, 0.717) is 38.5 Å². The number of carbonyl (C=O) groups excluding carboxylic acids is 16. The maximum absolute atomic E-state index is 14.5. The number of hydrogen-bond acceptors (Lipinski definition) is 25. The molecule has 0 saturated carbocycles. The van der Waals surface area contributed by atoms with E-state index in [-0.39, 0.29) is 141 Å². The normalized spacial score (nSPS) is 15.0. The molecular weight excluding hydrogens is 1600 g/mol. The fourth-order valence-electron chi connectivity index (χ4n) is 12.4. The lowest BCUT2D eigenvalue weighted by Crippen LogP contribution is -2.61. The van der Waals surface area contributed by atoms with Crippen LogP contribution in [0.25, 0.3) is 0 Å². The lowest BCUT2D eigenvalue weighted by atomic mass is 9.99. The van der Waals surface area contributed by atoms with E-state index in [0.717, 1.165) is 0 Å². The third-order valence-corrected chi connectivity index (χ3v) is 19.3. The van der Waals surface area contributed by atoms with Gasteiger partial charge in [-0.25, -0.2) is 4.79 Å². The predicted octanol–water partition coefficient (Wildman–Crippen LogP) is -5.46. The van der Waals surface area contributed by atoms with Crippen molar-refractivity contribution in [3.05, 3.63) is 0 Å². The summed E-state index contributed by atoms with van der Waals surface area (Å²) in [6, 6.07) is -22.0. The summed E-state index contributed by atoms with van der Waals surface area (Å²) in [6.45, 7) is 17.0. The van der Waals surface area contributed by atoms with Crippen LogP contribution in [0.3, 0.4) is 0 Å². The second-order valence-electron chi connectivity index (χ2n) is 32.2. The van der Waals surface area contributed by atoms with Crippen LogP contribution in [-0.4, -0.2) is 251 Å². The number of carbonyl (C=O) groups is 19. The van der Waals surface area contributed by atoms with Crippen molar-refractivity contribution in [1.82, 2.24) is 74.4 Å². The largest absolute Gasteiger partial charge is 0.481 e. The van der Waals surface area contributed by atoms with Crippen molar-refractivity contribution >= 4 is 112 Å². The minimum absolute atomic E-state index is 0.0233. The van der Waals surface area contributed by atoms with Crippen molar-refractivity contribution < 1.29 is 106 Å². The summed E-state index contributed by atoms with van der Waals surface area (Å²) in [5.41, 5.74) is 45.1. The van der Waals surface area contributed by atoms with Crippen molar-refractivity contribution in [3.8, 4) is 0 Å². The maximum atomic E-state index is 14.5. The monoisotopic (exact) mass is 1740 g/mol. The molecule has 0 radical (unpaired) electrons. The Morgan fingerprint density at radius 2 is 0.500 bits per heavy atom. The zero-order chi connectivity index (χ0) is 93.1. The molecule has 0 saturated heterocycles. The van der Waals surface area contributed by atoms with Gasteiger partial charge in [0.05, 0.1) is 12.5 Å². The second kappa shape index (κ2) is 61.1. The number of primary amides is 2. The number of carboxylic acid groups (broad SMARTS) is 3. The standard InChI is InChI=1S/C78H142N22O22/c1-41(2)37-55(97-71(114)49(22-12-17-33-80)89-66(109)47(84)26-29-59(85)101)73(116)88-46(10)65(108)100-63(44(7)8)77(120)99-57(39-43(5)6)75(118)93-48(21-11-16-32-79)67(110)87-45(9)64(107)96-58(40-62(105)106)76(119)98-56(38-42(3)4)74(117)94-53(28-31-61(103)104)72(115)92-51(24-14-19-35-82)69(112)90-50(23-13-18-34-81)68(111)91-52(25-15-20-36-83)70(113)95-54(78(121)122)27-30-60(86)102/h41-58,63H,11-40,79-84H2,1-10H3,(H2,85,101)(H2,86,102)(H,87,110)(H,88,116)(H,89,109)(H,90,112)(H,91,111)(H,92,115)(H,93,118)(H,94,117)(H,95,113)(H,96,107)(H,97,114)(H,98,119)(H,99,120)(H,100,108)(H,103,104)(H,105,106)(H,121,122)/t45-,46-,47-,48-,49-,50-,51-,52-,53-,54-,55-,56-,57-,58-,63-/m0/s1. The van der Waals surface area contributed by atoms with Crippen molar-refractivity contribution in [2.24, 2.45) is 69.5 Å². The fraction of sp³-hybridized carbons (Fsp3) is 0.756. The molecule has 0 aliphatic carbocycles. The topological polar surface area (TPSA) is 762 Å². The van der Waals surface area contributed by atoms with E-state index < -0.39 is 241 Å². The number of unbranched alkanes of at least 4 members (excludes halogenated alkanes) is 5. The molecule has 15 atom stereocenters. The van der Waals surface area contributed by atoms with Gasteiger partial charge in [-0.2, -0.15) is 0 Å². The zero-order valence-corrected chi connectivity index (χ0v) is 72.4. The molecule has 0 heterocycles. The molecule has 0 aromatic rings. The molecule has 0 aromatic carbocycles. The Balaban J connectivity index is 7.00. The fourth-order valence-corrected chi connectivity index (χ4v) is 12.4. The summed E-state index contributed by atoms with van der Waals surface area (Å²) >= 11 is 0. The minimum atomic E-state index is -1.98. The zero-order valence-electron chi connectivity index (χ0n) is 72.4. The lowest BCUT2D eigenvalue weighted by Gasteiger charge is -2.29. The van der Waals surface area contributed by atoms with Crippen molar-refractivity contribution in [2.75, 3.05) is 32.7 Å². The summed E-state index contributed by atoms with van der Waals surface area (Å²) in [5, 5.41) is 65.0. The van der Waals surface area contributed by atoms with Crippen LogP contribution >= 0.6 is 0 Å². The first-order valence-electron chi connectivity index (χ1n) is 42.0. The average Bonchev–Trinajstić information content (AvgIpc) is 0.855. The highest BCUT2D eigenvalue weighted by atomic mass is 16.4. The van der Waals surface area contributed by atoms with Gasteiger partial charge in [0.25, 0.3) is 0 Å². The highest BCUT2D eigenvalue weighted by Gasteiger charge is 2.39. The number of nitrogens with two attached hydrogens (primary N) is 8. The average molecular weight is 1740 g/mol. The summed E-state index contributed by atoms with van der Waals surface area (Å²) < 4.78 is 0. The van der Waals surface area contributed by atoms with Gasteiger partial charge in [0.1, 0.15) is 84.6 Å². The summed E-state index contributed by atoms with van der Waals surface area (Å²) in [7, 11) is 0. The Labute approximate surface area is 713 Å². The first-order valence-corrected chi connectivity index (χ1v) is 42.0. The Hall–Kier alpha value is -10.3. The summed E-state index contributed by atoms with van der Waals surface area (Å²) in [4.78, 5) is 257. The predicted molar refractivity (Wildman–Crippen MR) is 448 cm³/mol. The van der Waals surface area contributed by atoms with E-state index in [2.05, 4.69) is 74.4 Å². The van der Waals surface area contributed by atoms with Crippen LogP contribution in [0.4, 0.5) is 0 Å². The lowest BCUT2D eigenvalue weighted by molar-refractivity contribution is -0.143. The molecule has 696 valence electrons. The van der Waals surface area contributed by atoms with Gasteiger partial charge in [0.15, 0.2) is 0 Å². The van der Waals surface area contributed by atoms with Crippen LogP contribution in [0, 0.1) is 23.7 Å². The molecular formula is C78H142N22O22. The molecule has 16 amide bonds. The van der Waals surface area contributed by atoms with Crippen LogP contribution in [0.5, 0.6) is 0 Å². The molecule has 0 aliphatic heterocycles. The Morgan fingerprint density at radius 1 is 0.254 bits per heavy atom. The molecule has 44 nitrogen and oxygen atoms in total. The number of amides is 16. The number of rotatable bonds is 67. The van der Waals surface area contributed by atoms with Crippen molar-refractivity contribution in [1.29, 1.82) is 0 Å². The number of carboxylic acids is 3. The van der Waals surface area contributed by atoms with Gasteiger partial charge in [-0.05, 0) is 205 Å². The van der Waals surface area contributed by atoms with Gasteiger partial charge >= 0.3 is 17.9 Å². The molecule has 0 spiro atoms. The van der Waals surface area contributed by atoms with Gasteiger partial charge in [-0.1, -0.05) is 55.4 Å². The molecule has 44 heteroatoms. The van der Waals surface area contributed by atoms with Crippen LogP contribution in [-0.2, 0) is 91.1 Å². The first kappa shape index (κ1) is 112. The third kappa shape index (κ3) is 47.2. The van der Waals surface area contributed by atoms with E-state index in [9.17, 15) is 106 Å². The molecule has 0 aromatic heterocycles. The molecule has 0 aliphatic rings. The minimum Gasteiger partial charge on any atom is -0.481 e. The highest BCUT2D eigenvalue weighted by Crippen LogP contribution is 2.17. The highest BCUT2D eigenvalue weighted by molar-refractivity contribution is 6.01. The van der Waals surface area contributed by atoms with E-state index in [4.69, 9.17) is 45.9 Å². The summed E-state index contributed by atoms with van der Waals surface area (Å²) in [5.74, 6) is -20.9. The third-order valence-electron chi connectivity index (χ3n) is 19.3. The molecule has 0 unspecified atom stereocenters. The number of aliphatic carboxylic acids is 3. The van der Waals surface area contributed by atoms with Gasteiger partial charge in [-0.15, -0.1) is 0 Å². The Kier molecular flexibility index (Phi) is 55.9. The smallest absolute Gasteiger partial charge is 0.326 e. The van der Waals surface area contributed by atoms with Gasteiger partial charge < -0.3 is 136 Å². The van der Waals surface area contributed by atoms with E-state index in [1.54, 1.807) is 55.4 Å². The Morgan fingerprint density at radius 3 is 0.795 bits per heavy atom. The number of nitrogens with one attached hydrogen (secondary N) is 14. The quantitative estimate of drug-likeness (QED) is 0.0253. The molecule has 0 fully saturated rings. The van der Waals surface area contributed by atoms with E-state index in [1.165, 1.54) is 13.8 Å². The van der Waals surface area contributed by atoms with Gasteiger partial charge in [-0.3, -0.25) is 86.3 Å². The van der Waals surface area contributed by atoms with Gasteiger partial charge in [0, 0.05) is 19.3 Å². The van der Waals surface area contributed by atoms with Crippen molar-refractivity contribution in [3.63, 3.8) is 0 Å². The second-order valence-corrected chi connectivity index (χ2v) is 32.2. The molecule has 33 N–H and O–H groups in total. The molecule has 0 bridgehead atoms. The van der Waals surface area contributed by atoms with Crippen LogP contribution < -0.4 is 120 Å². The van der Waals surface area contributed by atoms with Crippen LogP contribution in [0.15, 0.2) is 0 Å². The maximum Gasteiger partial charge on any atom is 0.326 e. The SMILES string of the molecule is CC(C)C[C@H](NC(=O)[C@H](CCCCN)NC(=O)[C@@H](N)CCC(N)=O)C(=O)N[C@@H](C)C(=O)N[C@H](C(=O)N[C@@H](CC(C)C)C(=O)N[C@@H](CCCCN)C(=O)N[C@@H](C)C(=O)N[C@@H](CC(=O)O)C(=O)N[C@@H](CC(C)C)C(=O)N[C@@H](CCC(=O)O)C(=O)N[C@@H](CCCCN)C(=O)N[C@@H](CCCCN)C(=O)N[C@@H](CCCCN)C(=O)N[C@@H](CCC(N)=O)C(=O)O)C(C)C. The first-order chi connectivity index (χ1) is 57.3. The van der Waals surface area contributed by atoms with Crippen LogP contribution in [0.2, 0.25) is 0 Å². The molecule has 0 rings (SSSR count). The van der Waals surface area contributed by atoms with E-state index in [1.807, 2.05) is 0 Å². The Bertz CT molecular complexity index is 3410. The van der Waals surface area contributed by atoms with Crippen LogP contribution in [0.1, 0.15) is 230 Å². The van der Waals surface area contributed by atoms with Crippen molar-refractivity contribution in [2.45, 2.75) is 320 Å². The number of hydrogen-bond donors (Lipinski definition) is 25.